The third kappa shape index (κ3) is 6.08. The Morgan fingerprint density at radius 3 is 2.76 bits per heavy atom. The lowest BCUT2D eigenvalue weighted by molar-refractivity contribution is -0.130. The van der Waals surface area contributed by atoms with Crippen molar-refractivity contribution in [3.63, 3.8) is 0 Å². The van der Waals surface area contributed by atoms with Crippen LogP contribution >= 0.6 is 11.8 Å². The van der Waals surface area contributed by atoms with E-state index < -0.39 is 0 Å². The van der Waals surface area contributed by atoms with Gasteiger partial charge in [0, 0.05) is 39.5 Å². The number of hydrogen-bond donors (Lipinski definition) is 0. The van der Waals surface area contributed by atoms with Crippen molar-refractivity contribution in [2.45, 2.75) is 30.6 Å². The SMILES string of the molecule is CN(C)c1ccc(CN(C[C@@H]2CCCO2)C(=O)CSc2nnnn2-c2cccc(F)c2)cc1. The zero-order valence-electron chi connectivity index (χ0n) is 18.7. The molecule has 174 valence electrons. The summed E-state index contributed by atoms with van der Waals surface area (Å²) in [5, 5.41) is 12.1. The Balaban J connectivity index is 1.45. The van der Waals surface area contributed by atoms with Gasteiger partial charge in [-0.25, -0.2) is 4.39 Å². The molecule has 0 saturated carbocycles. The van der Waals surface area contributed by atoms with E-state index in [-0.39, 0.29) is 23.6 Å². The van der Waals surface area contributed by atoms with E-state index in [2.05, 4.69) is 15.5 Å². The minimum absolute atomic E-state index is 0.0269. The quantitative estimate of drug-likeness (QED) is 0.445. The summed E-state index contributed by atoms with van der Waals surface area (Å²) in [6.07, 6.45) is 2.02. The van der Waals surface area contributed by atoms with Crippen LogP contribution in [0.2, 0.25) is 0 Å². The molecule has 0 radical (unpaired) electrons. The molecule has 33 heavy (non-hydrogen) atoms. The highest BCUT2D eigenvalue weighted by molar-refractivity contribution is 7.99. The number of carbonyl (C=O) groups excluding carboxylic acids is 1. The zero-order chi connectivity index (χ0) is 23.2. The Labute approximate surface area is 196 Å². The third-order valence-electron chi connectivity index (χ3n) is 5.45. The van der Waals surface area contributed by atoms with Crippen LogP contribution in [0.1, 0.15) is 18.4 Å². The van der Waals surface area contributed by atoms with E-state index in [9.17, 15) is 9.18 Å². The first-order valence-corrected chi connectivity index (χ1v) is 11.8. The number of nitrogens with zero attached hydrogens (tertiary/aromatic N) is 6. The number of tetrazole rings is 1. The summed E-state index contributed by atoms with van der Waals surface area (Å²) in [4.78, 5) is 17.1. The van der Waals surface area contributed by atoms with Crippen molar-refractivity contribution in [1.29, 1.82) is 0 Å². The van der Waals surface area contributed by atoms with Crippen LogP contribution in [0, 0.1) is 5.82 Å². The van der Waals surface area contributed by atoms with E-state index in [0.29, 0.717) is 23.9 Å². The van der Waals surface area contributed by atoms with E-state index in [1.165, 1.54) is 28.6 Å². The van der Waals surface area contributed by atoms with Crippen LogP contribution in [0.4, 0.5) is 10.1 Å². The molecule has 1 saturated heterocycles. The molecule has 0 N–H and O–H groups in total. The van der Waals surface area contributed by atoms with Crippen molar-refractivity contribution >= 4 is 23.4 Å². The molecular weight excluding hydrogens is 443 g/mol. The van der Waals surface area contributed by atoms with Crippen LogP contribution in [0.15, 0.2) is 53.7 Å². The highest BCUT2D eigenvalue weighted by Gasteiger charge is 2.24. The van der Waals surface area contributed by atoms with Crippen LogP contribution in [-0.2, 0) is 16.1 Å². The molecular formula is C23H27FN6O2S. The van der Waals surface area contributed by atoms with Gasteiger partial charge in [-0.05, 0) is 59.2 Å². The second-order valence-electron chi connectivity index (χ2n) is 8.11. The molecule has 2 heterocycles. The van der Waals surface area contributed by atoms with E-state index in [4.69, 9.17) is 4.74 Å². The number of amides is 1. The Kier molecular flexibility index (Phi) is 7.56. The van der Waals surface area contributed by atoms with Gasteiger partial charge in [-0.15, -0.1) is 5.10 Å². The maximum atomic E-state index is 13.6. The summed E-state index contributed by atoms with van der Waals surface area (Å²) < 4.78 is 20.8. The molecule has 1 fully saturated rings. The van der Waals surface area contributed by atoms with Crippen molar-refractivity contribution in [3.8, 4) is 5.69 Å². The number of thioether (sulfide) groups is 1. The van der Waals surface area contributed by atoms with Crippen molar-refractivity contribution in [1.82, 2.24) is 25.1 Å². The van der Waals surface area contributed by atoms with Crippen LogP contribution in [0.3, 0.4) is 0 Å². The molecule has 1 aliphatic heterocycles. The number of benzene rings is 2. The minimum Gasteiger partial charge on any atom is -0.378 e. The summed E-state index contributed by atoms with van der Waals surface area (Å²) in [5.41, 5.74) is 2.67. The first kappa shape index (κ1) is 23.2. The summed E-state index contributed by atoms with van der Waals surface area (Å²) in [6, 6.07) is 14.2. The van der Waals surface area contributed by atoms with E-state index in [1.54, 1.807) is 12.1 Å². The summed E-state index contributed by atoms with van der Waals surface area (Å²) in [7, 11) is 3.99. The van der Waals surface area contributed by atoms with E-state index >= 15 is 0 Å². The van der Waals surface area contributed by atoms with Crippen molar-refractivity contribution in [3.05, 3.63) is 59.9 Å². The number of hydrogen-bond acceptors (Lipinski definition) is 7. The molecule has 1 aliphatic rings. The number of rotatable bonds is 9. The largest absolute Gasteiger partial charge is 0.378 e. The van der Waals surface area contributed by atoms with Gasteiger partial charge in [0.2, 0.25) is 11.1 Å². The van der Waals surface area contributed by atoms with Crippen molar-refractivity contribution in [2.75, 3.05) is 37.9 Å². The number of anilines is 1. The molecule has 1 amide bonds. The average Bonchev–Trinajstić information content (AvgIpc) is 3.49. The monoisotopic (exact) mass is 470 g/mol. The predicted molar refractivity (Wildman–Crippen MR) is 125 cm³/mol. The topological polar surface area (TPSA) is 76.4 Å². The molecule has 0 aliphatic carbocycles. The molecule has 4 rings (SSSR count). The van der Waals surface area contributed by atoms with Gasteiger partial charge in [-0.3, -0.25) is 4.79 Å². The lowest BCUT2D eigenvalue weighted by Crippen LogP contribution is -2.38. The van der Waals surface area contributed by atoms with Gasteiger partial charge >= 0.3 is 0 Å². The molecule has 8 nitrogen and oxygen atoms in total. The van der Waals surface area contributed by atoms with Crippen molar-refractivity contribution < 1.29 is 13.9 Å². The standard InChI is InChI=1S/C23H27FN6O2S/c1-28(2)19-10-8-17(9-11-19)14-29(15-21-7-4-12-32-21)22(31)16-33-23-25-26-27-30(23)20-6-3-5-18(24)13-20/h3,5-6,8-11,13,21H,4,7,12,14-16H2,1-2H3/t21-/m0/s1. The highest BCUT2D eigenvalue weighted by atomic mass is 32.2. The molecule has 10 heteroatoms. The fourth-order valence-electron chi connectivity index (χ4n) is 3.66. The maximum absolute atomic E-state index is 13.6. The average molecular weight is 471 g/mol. The smallest absolute Gasteiger partial charge is 0.233 e. The van der Waals surface area contributed by atoms with Gasteiger partial charge in [0.1, 0.15) is 5.82 Å². The highest BCUT2D eigenvalue weighted by Crippen LogP contribution is 2.22. The van der Waals surface area contributed by atoms with Gasteiger partial charge in [0.15, 0.2) is 0 Å². The molecule has 0 bridgehead atoms. The maximum Gasteiger partial charge on any atom is 0.233 e. The molecule has 0 spiro atoms. The van der Waals surface area contributed by atoms with Crippen LogP contribution < -0.4 is 4.90 Å². The normalized spacial score (nSPS) is 15.5. The number of carbonyl (C=O) groups is 1. The molecule has 2 aromatic carbocycles. The predicted octanol–water partition coefficient (Wildman–Crippen LogP) is 3.17. The summed E-state index contributed by atoms with van der Waals surface area (Å²) in [5.74, 6) is -0.239. The minimum atomic E-state index is -0.377. The number of ether oxygens (including phenoxy) is 1. The summed E-state index contributed by atoms with van der Waals surface area (Å²) >= 11 is 1.23. The van der Waals surface area contributed by atoms with Gasteiger partial charge < -0.3 is 14.5 Å². The van der Waals surface area contributed by atoms with E-state index in [0.717, 1.165) is 30.7 Å². The lowest BCUT2D eigenvalue weighted by Gasteiger charge is -2.26. The Bertz CT molecular complexity index is 1070. The van der Waals surface area contributed by atoms with Gasteiger partial charge in [-0.1, -0.05) is 30.0 Å². The first-order chi connectivity index (χ1) is 16.0. The Morgan fingerprint density at radius 1 is 1.24 bits per heavy atom. The zero-order valence-corrected chi connectivity index (χ0v) is 19.5. The van der Waals surface area contributed by atoms with Gasteiger partial charge in [-0.2, -0.15) is 4.68 Å². The molecule has 3 aromatic rings. The van der Waals surface area contributed by atoms with Gasteiger partial charge in [0.05, 0.1) is 17.5 Å². The van der Waals surface area contributed by atoms with E-state index in [1.807, 2.05) is 48.2 Å². The van der Waals surface area contributed by atoms with Crippen LogP contribution in [0.5, 0.6) is 0 Å². The van der Waals surface area contributed by atoms with Crippen molar-refractivity contribution in [2.24, 2.45) is 0 Å². The fraction of sp³-hybridized carbons (Fsp3) is 0.391. The number of halogens is 1. The first-order valence-electron chi connectivity index (χ1n) is 10.8. The second kappa shape index (κ2) is 10.8. The third-order valence-corrected chi connectivity index (χ3v) is 6.35. The van der Waals surface area contributed by atoms with Crippen LogP contribution in [-0.4, -0.2) is 70.1 Å². The molecule has 1 aromatic heterocycles. The van der Waals surface area contributed by atoms with Gasteiger partial charge in [0.25, 0.3) is 0 Å². The Hall–Kier alpha value is -2.98. The number of aromatic nitrogens is 4. The summed E-state index contributed by atoms with van der Waals surface area (Å²) in [6.45, 7) is 1.78. The van der Waals surface area contributed by atoms with Crippen LogP contribution in [0.25, 0.3) is 5.69 Å². The second-order valence-corrected chi connectivity index (χ2v) is 9.05. The lowest BCUT2D eigenvalue weighted by atomic mass is 10.1. The Morgan fingerprint density at radius 2 is 2.06 bits per heavy atom. The molecule has 1 atom stereocenters. The molecule has 0 unspecified atom stereocenters. The fourth-order valence-corrected chi connectivity index (χ4v) is 4.46.